The fraction of sp³-hybridized carbons (Fsp3) is 0.333. The third-order valence-electron chi connectivity index (χ3n) is 2.48. The standard InChI is InChI=1S/C9H10O9S2/c10-3-5-4-17-7-1-6(19(11,12)13)2-8(9(7)18-5)20(14,15)16/h1-2,5,10H,3-4H2,(H,11,12,13)(H,14,15,16). The highest BCUT2D eigenvalue weighted by Gasteiger charge is 2.31. The first-order chi connectivity index (χ1) is 9.13. The van der Waals surface area contributed by atoms with Gasteiger partial charge in [0.1, 0.15) is 11.5 Å². The highest BCUT2D eigenvalue weighted by atomic mass is 32.2. The van der Waals surface area contributed by atoms with Gasteiger partial charge < -0.3 is 14.6 Å². The molecule has 1 unspecified atom stereocenters. The van der Waals surface area contributed by atoms with Crippen LogP contribution in [-0.2, 0) is 20.2 Å². The number of aliphatic hydroxyl groups excluding tert-OH is 1. The molecule has 112 valence electrons. The number of ether oxygens (including phenoxy) is 2. The molecule has 1 heterocycles. The van der Waals surface area contributed by atoms with Gasteiger partial charge in [0, 0.05) is 6.07 Å². The summed E-state index contributed by atoms with van der Waals surface area (Å²) in [5.41, 5.74) is 0. The zero-order chi connectivity index (χ0) is 15.1. The first kappa shape index (κ1) is 15.0. The van der Waals surface area contributed by atoms with Crippen molar-refractivity contribution in [3.05, 3.63) is 12.1 Å². The van der Waals surface area contributed by atoms with Gasteiger partial charge in [-0.15, -0.1) is 0 Å². The van der Waals surface area contributed by atoms with Crippen LogP contribution in [0.5, 0.6) is 11.5 Å². The van der Waals surface area contributed by atoms with Crippen molar-refractivity contribution in [3.8, 4) is 11.5 Å². The van der Waals surface area contributed by atoms with Crippen molar-refractivity contribution in [3.63, 3.8) is 0 Å². The van der Waals surface area contributed by atoms with Crippen LogP contribution in [0.15, 0.2) is 21.9 Å². The van der Waals surface area contributed by atoms with Gasteiger partial charge in [0.2, 0.25) is 0 Å². The summed E-state index contributed by atoms with van der Waals surface area (Å²) < 4.78 is 72.9. The van der Waals surface area contributed by atoms with Gasteiger partial charge in [0.15, 0.2) is 17.6 Å². The Morgan fingerprint density at radius 2 is 1.80 bits per heavy atom. The maximum atomic E-state index is 11.3. The minimum atomic E-state index is -4.82. The predicted molar refractivity (Wildman–Crippen MR) is 63.1 cm³/mol. The van der Waals surface area contributed by atoms with E-state index >= 15 is 0 Å². The van der Waals surface area contributed by atoms with Crippen molar-refractivity contribution < 1.29 is 40.5 Å². The number of rotatable bonds is 3. The molecule has 3 N–H and O–H groups in total. The molecule has 0 aliphatic carbocycles. The van der Waals surface area contributed by atoms with Gasteiger partial charge in [-0.3, -0.25) is 9.11 Å². The Morgan fingerprint density at radius 1 is 1.15 bits per heavy atom. The van der Waals surface area contributed by atoms with Crippen molar-refractivity contribution >= 4 is 20.2 Å². The molecule has 0 amide bonds. The molecule has 1 aliphatic rings. The van der Waals surface area contributed by atoms with E-state index in [0.29, 0.717) is 6.07 Å². The SMILES string of the molecule is O=S(=O)(O)c1cc2c(c(S(=O)(=O)O)c1)OC(CO)CO2. The Labute approximate surface area is 114 Å². The van der Waals surface area contributed by atoms with E-state index in [-0.39, 0.29) is 12.4 Å². The summed E-state index contributed by atoms with van der Waals surface area (Å²) in [6.07, 6.45) is -0.861. The van der Waals surface area contributed by atoms with E-state index in [4.69, 9.17) is 23.7 Å². The van der Waals surface area contributed by atoms with Crippen LogP contribution < -0.4 is 9.47 Å². The van der Waals surface area contributed by atoms with E-state index in [1.54, 1.807) is 0 Å². The maximum absolute atomic E-state index is 11.3. The summed E-state index contributed by atoms with van der Waals surface area (Å²) in [6.45, 7) is -0.617. The van der Waals surface area contributed by atoms with Gasteiger partial charge in [-0.2, -0.15) is 16.8 Å². The van der Waals surface area contributed by atoms with Crippen LogP contribution in [0.2, 0.25) is 0 Å². The lowest BCUT2D eigenvalue weighted by atomic mass is 10.2. The molecule has 1 aromatic carbocycles. The van der Waals surface area contributed by atoms with Crippen LogP contribution in [0.1, 0.15) is 0 Å². The van der Waals surface area contributed by atoms with Gasteiger partial charge in [-0.1, -0.05) is 0 Å². The minimum absolute atomic E-state index is 0.149. The molecule has 0 radical (unpaired) electrons. The molecule has 0 saturated heterocycles. The third kappa shape index (κ3) is 2.86. The minimum Gasteiger partial charge on any atom is -0.486 e. The Balaban J connectivity index is 2.71. The lowest BCUT2D eigenvalue weighted by molar-refractivity contribution is 0.0423. The summed E-state index contributed by atoms with van der Waals surface area (Å²) in [7, 11) is -9.52. The second kappa shape index (κ2) is 4.86. The molecule has 1 aromatic rings. The average molecular weight is 326 g/mol. The first-order valence-corrected chi connectivity index (χ1v) is 8.04. The van der Waals surface area contributed by atoms with Crippen LogP contribution in [0, 0.1) is 0 Å². The van der Waals surface area contributed by atoms with Crippen molar-refractivity contribution in [2.24, 2.45) is 0 Å². The molecule has 0 fully saturated rings. The van der Waals surface area contributed by atoms with E-state index in [1.165, 1.54) is 0 Å². The van der Waals surface area contributed by atoms with Gasteiger partial charge in [-0.25, -0.2) is 0 Å². The molecule has 11 heteroatoms. The monoisotopic (exact) mass is 326 g/mol. The molecule has 20 heavy (non-hydrogen) atoms. The summed E-state index contributed by atoms with van der Waals surface area (Å²) >= 11 is 0. The molecule has 1 atom stereocenters. The van der Waals surface area contributed by atoms with Crippen LogP contribution in [0.25, 0.3) is 0 Å². The molecule has 0 bridgehead atoms. The van der Waals surface area contributed by atoms with E-state index < -0.39 is 48.5 Å². The predicted octanol–water partition coefficient (Wildman–Crippen LogP) is -0.688. The molecular formula is C9H10O9S2. The van der Waals surface area contributed by atoms with Crippen LogP contribution in [-0.4, -0.2) is 50.4 Å². The van der Waals surface area contributed by atoms with E-state index in [0.717, 1.165) is 6.07 Å². The quantitative estimate of drug-likeness (QED) is 0.614. The van der Waals surface area contributed by atoms with Crippen LogP contribution in [0.3, 0.4) is 0 Å². The van der Waals surface area contributed by atoms with E-state index in [9.17, 15) is 16.8 Å². The Kier molecular flexibility index (Phi) is 3.64. The van der Waals surface area contributed by atoms with Gasteiger partial charge in [0.05, 0.1) is 11.5 Å². The van der Waals surface area contributed by atoms with E-state index in [2.05, 4.69) is 0 Å². The van der Waals surface area contributed by atoms with Crippen molar-refractivity contribution in [2.75, 3.05) is 13.2 Å². The zero-order valence-electron chi connectivity index (χ0n) is 9.75. The highest BCUT2D eigenvalue weighted by Crippen LogP contribution is 2.40. The summed E-state index contributed by atoms with van der Waals surface area (Å²) in [6, 6.07) is 1.39. The number of hydrogen-bond acceptors (Lipinski definition) is 7. The molecule has 0 spiro atoms. The number of benzene rings is 1. The molecule has 0 aromatic heterocycles. The molecule has 0 saturated carbocycles. The lowest BCUT2D eigenvalue weighted by Gasteiger charge is -2.26. The molecular weight excluding hydrogens is 316 g/mol. The Morgan fingerprint density at radius 3 is 2.30 bits per heavy atom. The molecule has 9 nitrogen and oxygen atoms in total. The van der Waals surface area contributed by atoms with Crippen molar-refractivity contribution in [1.82, 2.24) is 0 Å². The summed E-state index contributed by atoms with van der Waals surface area (Å²) in [4.78, 5) is -1.64. The summed E-state index contributed by atoms with van der Waals surface area (Å²) in [5, 5.41) is 8.94. The first-order valence-electron chi connectivity index (χ1n) is 5.16. The topological polar surface area (TPSA) is 147 Å². The summed E-state index contributed by atoms with van der Waals surface area (Å²) in [5.74, 6) is -0.706. The number of hydrogen-bond donors (Lipinski definition) is 3. The number of aliphatic hydroxyl groups is 1. The Bertz CT molecular complexity index is 735. The van der Waals surface area contributed by atoms with Crippen molar-refractivity contribution in [1.29, 1.82) is 0 Å². The zero-order valence-corrected chi connectivity index (χ0v) is 11.4. The van der Waals surface area contributed by atoms with Crippen LogP contribution in [0.4, 0.5) is 0 Å². The van der Waals surface area contributed by atoms with Gasteiger partial charge in [0.25, 0.3) is 20.2 Å². The third-order valence-corrected chi connectivity index (χ3v) is 4.17. The molecule has 2 rings (SSSR count). The van der Waals surface area contributed by atoms with Crippen molar-refractivity contribution in [2.45, 2.75) is 15.9 Å². The fourth-order valence-corrected chi connectivity index (χ4v) is 2.85. The second-order valence-corrected chi connectivity index (χ2v) is 6.74. The lowest BCUT2D eigenvalue weighted by Crippen LogP contribution is -2.33. The fourth-order valence-electron chi connectivity index (χ4n) is 1.59. The average Bonchev–Trinajstić information content (AvgIpc) is 2.34. The second-order valence-electron chi connectivity index (χ2n) is 3.93. The Hall–Kier alpha value is -1.40. The van der Waals surface area contributed by atoms with Gasteiger partial charge >= 0.3 is 0 Å². The van der Waals surface area contributed by atoms with E-state index in [1.807, 2.05) is 0 Å². The van der Waals surface area contributed by atoms with Crippen LogP contribution >= 0.6 is 0 Å². The smallest absolute Gasteiger partial charge is 0.298 e. The molecule has 1 aliphatic heterocycles. The highest BCUT2D eigenvalue weighted by molar-refractivity contribution is 7.86. The normalized spacial score (nSPS) is 18.9. The van der Waals surface area contributed by atoms with Gasteiger partial charge in [-0.05, 0) is 6.07 Å². The largest absolute Gasteiger partial charge is 0.486 e. The maximum Gasteiger partial charge on any atom is 0.298 e. The number of fused-ring (bicyclic) bond motifs is 1.